The summed E-state index contributed by atoms with van der Waals surface area (Å²) in [5, 5.41) is 11.2. The smallest absolute Gasteiger partial charge is 0.123 e. The van der Waals surface area contributed by atoms with Crippen LogP contribution in [0.4, 0.5) is 4.39 Å². The van der Waals surface area contributed by atoms with E-state index in [9.17, 15) is 9.50 Å². The predicted molar refractivity (Wildman–Crippen MR) is 73.9 cm³/mol. The minimum Gasteiger partial charge on any atom is -0.384 e. The Kier molecular flexibility index (Phi) is 2.48. The molecule has 1 aromatic carbocycles. The highest BCUT2D eigenvalue weighted by molar-refractivity contribution is 5.43. The minimum absolute atomic E-state index is 0.0328. The SMILES string of the molecule is OC1(C2CCc3cccnc32)CCc2cc(F)ccc21. The van der Waals surface area contributed by atoms with Crippen LogP contribution >= 0.6 is 0 Å². The maximum absolute atomic E-state index is 13.3. The van der Waals surface area contributed by atoms with Crippen LogP contribution in [0.25, 0.3) is 0 Å². The van der Waals surface area contributed by atoms with E-state index >= 15 is 0 Å². The second-order valence-corrected chi connectivity index (χ2v) is 5.86. The molecule has 0 aliphatic heterocycles. The van der Waals surface area contributed by atoms with E-state index in [2.05, 4.69) is 11.1 Å². The van der Waals surface area contributed by atoms with Gasteiger partial charge in [-0.1, -0.05) is 12.1 Å². The first-order valence-corrected chi connectivity index (χ1v) is 7.13. The predicted octanol–water partition coefficient (Wildman–Crippen LogP) is 3.08. The minimum atomic E-state index is -0.886. The Labute approximate surface area is 117 Å². The number of fused-ring (bicyclic) bond motifs is 2. The standard InChI is InChI=1S/C17H16FNO/c18-13-4-6-14-12(10-13)7-8-17(14,20)15-5-3-11-2-1-9-19-16(11)15/h1-2,4,6,9-10,15,20H,3,5,7-8H2. The number of hydrogen-bond acceptors (Lipinski definition) is 2. The summed E-state index contributed by atoms with van der Waals surface area (Å²) in [4.78, 5) is 4.49. The zero-order valence-electron chi connectivity index (χ0n) is 11.1. The summed E-state index contributed by atoms with van der Waals surface area (Å²) >= 11 is 0. The molecule has 1 aromatic heterocycles. The zero-order chi connectivity index (χ0) is 13.7. The molecule has 0 spiro atoms. The molecule has 20 heavy (non-hydrogen) atoms. The van der Waals surface area contributed by atoms with Gasteiger partial charge < -0.3 is 5.11 Å². The Balaban J connectivity index is 1.81. The van der Waals surface area contributed by atoms with Crippen molar-refractivity contribution in [1.29, 1.82) is 0 Å². The van der Waals surface area contributed by atoms with Gasteiger partial charge in [0.25, 0.3) is 0 Å². The van der Waals surface area contributed by atoms with Crippen LogP contribution in [0.5, 0.6) is 0 Å². The fourth-order valence-electron chi connectivity index (χ4n) is 3.89. The van der Waals surface area contributed by atoms with Gasteiger partial charge >= 0.3 is 0 Å². The molecule has 4 rings (SSSR count). The number of nitrogens with zero attached hydrogens (tertiary/aromatic N) is 1. The van der Waals surface area contributed by atoms with Gasteiger partial charge in [0.05, 0.1) is 5.60 Å². The summed E-state index contributed by atoms with van der Waals surface area (Å²) in [6, 6.07) is 8.79. The Morgan fingerprint density at radius 2 is 2.10 bits per heavy atom. The van der Waals surface area contributed by atoms with Crippen molar-refractivity contribution in [3.05, 3.63) is 64.7 Å². The van der Waals surface area contributed by atoms with Gasteiger partial charge in [-0.25, -0.2) is 4.39 Å². The van der Waals surface area contributed by atoms with E-state index in [4.69, 9.17) is 0 Å². The highest BCUT2D eigenvalue weighted by Crippen LogP contribution is 2.51. The first kappa shape index (κ1) is 12.0. The van der Waals surface area contributed by atoms with Crippen LogP contribution in [0.3, 0.4) is 0 Å². The Morgan fingerprint density at radius 1 is 1.20 bits per heavy atom. The van der Waals surface area contributed by atoms with E-state index in [1.54, 1.807) is 18.3 Å². The summed E-state index contributed by atoms with van der Waals surface area (Å²) in [6.07, 6.45) is 5.07. The number of benzene rings is 1. The van der Waals surface area contributed by atoms with Crippen molar-refractivity contribution in [1.82, 2.24) is 4.98 Å². The molecule has 0 bridgehead atoms. The van der Waals surface area contributed by atoms with Crippen LogP contribution in [0.2, 0.25) is 0 Å². The molecule has 2 aromatic rings. The summed E-state index contributed by atoms with van der Waals surface area (Å²) in [7, 11) is 0. The first-order valence-electron chi connectivity index (χ1n) is 7.13. The topological polar surface area (TPSA) is 33.1 Å². The van der Waals surface area contributed by atoms with Gasteiger partial charge in [0, 0.05) is 17.8 Å². The highest BCUT2D eigenvalue weighted by atomic mass is 19.1. The van der Waals surface area contributed by atoms with Gasteiger partial charge in [-0.15, -0.1) is 0 Å². The molecule has 0 saturated carbocycles. The molecule has 3 heteroatoms. The molecule has 2 aliphatic carbocycles. The average molecular weight is 269 g/mol. The maximum Gasteiger partial charge on any atom is 0.123 e. The largest absolute Gasteiger partial charge is 0.384 e. The molecule has 0 fully saturated rings. The second-order valence-electron chi connectivity index (χ2n) is 5.86. The lowest BCUT2D eigenvalue weighted by molar-refractivity contribution is 0.00802. The molecule has 2 aliphatic rings. The third-order valence-corrected chi connectivity index (χ3v) is 4.84. The van der Waals surface area contributed by atoms with Crippen molar-refractivity contribution in [3.8, 4) is 0 Å². The number of aromatic nitrogens is 1. The molecule has 1 N–H and O–H groups in total. The van der Waals surface area contributed by atoms with Gasteiger partial charge in [-0.2, -0.15) is 0 Å². The number of hydrogen-bond donors (Lipinski definition) is 1. The van der Waals surface area contributed by atoms with E-state index in [0.29, 0.717) is 6.42 Å². The molecule has 2 atom stereocenters. The summed E-state index contributed by atoms with van der Waals surface area (Å²) in [6.45, 7) is 0. The van der Waals surface area contributed by atoms with Gasteiger partial charge in [-0.3, -0.25) is 4.98 Å². The number of rotatable bonds is 1. The van der Waals surface area contributed by atoms with Crippen LogP contribution in [0.15, 0.2) is 36.5 Å². The summed E-state index contributed by atoms with van der Waals surface area (Å²) < 4.78 is 13.3. The molecule has 1 heterocycles. The van der Waals surface area contributed by atoms with Crippen molar-refractivity contribution in [2.45, 2.75) is 37.2 Å². The fraction of sp³-hybridized carbons (Fsp3) is 0.353. The van der Waals surface area contributed by atoms with E-state index in [1.165, 1.54) is 11.6 Å². The summed E-state index contributed by atoms with van der Waals surface area (Å²) in [5.41, 5.74) is 3.20. The van der Waals surface area contributed by atoms with Crippen molar-refractivity contribution >= 4 is 0 Å². The number of aryl methyl sites for hydroxylation is 2. The van der Waals surface area contributed by atoms with E-state index in [1.807, 2.05) is 6.07 Å². The van der Waals surface area contributed by atoms with Gasteiger partial charge in [-0.05, 0) is 60.6 Å². The van der Waals surface area contributed by atoms with Gasteiger partial charge in [0.1, 0.15) is 5.82 Å². The van der Waals surface area contributed by atoms with Crippen molar-refractivity contribution < 1.29 is 9.50 Å². The molecular weight excluding hydrogens is 253 g/mol. The first-order chi connectivity index (χ1) is 9.68. The van der Waals surface area contributed by atoms with Crippen LogP contribution in [-0.2, 0) is 18.4 Å². The van der Waals surface area contributed by atoms with Crippen molar-refractivity contribution in [2.24, 2.45) is 0 Å². The van der Waals surface area contributed by atoms with E-state index in [-0.39, 0.29) is 11.7 Å². The monoisotopic (exact) mass is 269 g/mol. The lowest BCUT2D eigenvalue weighted by atomic mass is 9.80. The van der Waals surface area contributed by atoms with Crippen LogP contribution in [0.1, 0.15) is 41.1 Å². The molecule has 2 nitrogen and oxygen atoms in total. The van der Waals surface area contributed by atoms with E-state index in [0.717, 1.165) is 36.1 Å². The van der Waals surface area contributed by atoms with Crippen LogP contribution in [-0.4, -0.2) is 10.1 Å². The molecular formula is C17H16FNO. The summed E-state index contributed by atoms with van der Waals surface area (Å²) in [5.74, 6) is -0.191. The van der Waals surface area contributed by atoms with Crippen molar-refractivity contribution in [3.63, 3.8) is 0 Å². The van der Waals surface area contributed by atoms with E-state index < -0.39 is 5.60 Å². The molecule has 102 valence electrons. The van der Waals surface area contributed by atoms with Crippen molar-refractivity contribution in [2.75, 3.05) is 0 Å². The van der Waals surface area contributed by atoms with Gasteiger partial charge in [0.15, 0.2) is 0 Å². The number of pyridine rings is 1. The van der Waals surface area contributed by atoms with Crippen LogP contribution in [0, 0.1) is 5.82 Å². The lowest BCUT2D eigenvalue weighted by Gasteiger charge is -2.31. The van der Waals surface area contributed by atoms with Crippen LogP contribution < -0.4 is 0 Å². The normalized spacial score (nSPS) is 27.4. The molecule has 0 saturated heterocycles. The Morgan fingerprint density at radius 3 is 3.00 bits per heavy atom. The highest BCUT2D eigenvalue weighted by Gasteiger charge is 2.47. The Hall–Kier alpha value is -1.74. The Bertz CT molecular complexity index is 684. The average Bonchev–Trinajstić information content (AvgIpc) is 3.01. The third kappa shape index (κ3) is 1.56. The second kappa shape index (κ2) is 4.13. The van der Waals surface area contributed by atoms with Gasteiger partial charge in [0.2, 0.25) is 0 Å². The maximum atomic E-state index is 13.3. The fourth-order valence-corrected chi connectivity index (χ4v) is 3.89. The third-order valence-electron chi connectivity index (χ3n) is 4.84. The lowest BCUT2D eigenvalue weighted by Crippen LogP contribution is -2.30. The molecule has 0 amide bonds. The zero-order valence-corrected chi connectivity index (χ0v) is 11.1. The molecule has 0 radical (unpaired) electrons. The quantitative estimate of drug-likeness (QED) is 0.863. The number of halogens is 1. The molecule has 2 unspecified atom stereocenters. The number of aliphatic hydroxyl groups is 1.